The van der Waals surface area contributed by atoms with Gasteiger partial charge in [0.2, 0.25) is 0 Å². The monoisotopic (exact) mass is 435 g/mol. The summed E-state index contributed by atoms with van der Waals surface area (Å²) in [6.45, 7) is 6.18. The van der Waals surface area contributed by atoms with Crippen LogP contribution in [0.1, 0.15) is 37.8 Å². The van der Waals surface area contributed by atoms with Gasteiger partial charge in [0.05, 0.1) is 19.4 Å². The standard InChI is InChI=1S/C26H29NO5/c1-26(2,3)32-25(29)27-14-18(15-28)24-21-12-19(30-4)10-11-20(21)23(13-22(24)27)31-16-17-8-6-5-7-9-17/h5-13,18,28H,14-16H2,1-4H3. The van der Waals surface area contributed by atoms with Gasteiger partial charge in [0.1, 0.15) is 23.7 Å². The number of carbonyl (C=O) groups excluding carboxylic acids is 1. The van der Waals surface area contributed by atoms with Crippen molar-refractivity contribution in [1.82, 2.24) is 0 Å². The van der Waals surface area contributed by atoms with Gasteiger partial charge in [0.25, 0.3) is 0 Å². The first-order valence-corrected chi connectivity index (χ1v) is 10.7. The molecule has 168 valence electrons. The predicted molar refractivity (Wildman–Crippen MR) is 125 cm³/mol. The molecule has 0 spiro atoms. The van der Waals surface area contributed by atoms with Crippen molar-refractivity contribution in [2.75, 3.05) is 25.2 Å². The summed E-state index contributed by atoms with van der Waals surface area (Å²) in [6, 6.07) is 17.6. The first kappa shape index (κ1) is 22.0. The number of amides is 1. The van der Waals surface area contributed by atoms with Crippen LogP contribution in [0.15, 0.2) is 54.6 Å². The van der Waals surface area contributed by atoms with Gasteiger partial charge in [0, 0.05) is 23.9 Å². The smallest absolute Gasteiger partial charge is 0.414 e. The van der Waals surface area contributed by atoms with Crippen molar-refractivity contribution in [3.63, 3.8) is 0 Å². The van der Waals surface area contributed by atoms with Crippen LogP contribution in [0, 0.1) is 0 Å². The lowest BCUT2D eigenvalue weighted by molar-refractivity contribution is 0.0581. The fraction of sp³-hybridized carbons (Fsp3) is 0.346. The third-order valence-corrected chi connectivity index (χ3v) is 5.50. The molecule has 32 heavy (non-hydrogen) atoms. The van der Waals surface area contributed by atoms with Crippen LogP contribution in [0.4, 0.5) is 10.5 Å². The van der Waals surface area contributed by atoms with E-state index in [2.05, 4.69) is 0 Å². The van der Waals surface area contributed by atoms with E-state index in [1.165, 1.54) is 0 Å². The summed E-state index contributed by atoms with van der Waals surface area (Å²) in [5.41, 5.74) is 2.02. The minimum absolute atomic E-state index is 0.0805. The number of carbonyl (C=O) groups is 1. The highest BCUT2D eigenvalue weighted by Gasteiger charge is 2.37. The molecule has 1 aliphatic heterocycles. The fourth-order valence-electron chi connectivity index (χ4n) is 4.06. The van der Waals surface area contributed by atoms with Crippen LogP contribution in [0.5, 0.6) is 11.5 Å². The highest BCUT2D eigenvalue weighted by atomic mass is 16.6. The van der Waals surface area contributed by atoms with E-state index in [0.29, 0.717) is 30.3 Å². The number of methoxy groups -OCH3 is 1. The second-order valence-electron chi connectivity index (χ2n) is 8.96. The Morgan fingerprint density at radius 3 is 2.50 bits per heavy atom. The molecule has 3 aromatic carbocycles. The lowest BCUT2D eigenvalue weighted by Crippen LogP contribution is -2.36. The quantitative estimate of drug-likeness (QED) is 0.592. The molecule has 6 nitrogen and oxygen atoms in total. The topological polar surface area (TPSA) is 68.2 Å². The highest BCUT2D eigenvalue weighted by Crippen LogP contribution is 2.46. The SMILES string of the molecule is COc1ccc2c(OCc3ccccc3)cc3c(c2c1)C(CO)CN3C(=O)OC(C)(C)C. The van der Waals surface area contributed by atoms with Crippen molar-refractivity contribution in [3.8, 4) is 11.5 Å². The van der Waals surface area contributed by atoms with Gasteiger partial charge >= 0.3 is 6.09 Å². The molecule has 0 saturated heterocycles. The number of fused-ring (bicyclic) bond motifs is 3. The van der Waals surface area contributed by atoms with Crippen molar-refractivity contribution in [2.45, 2.75) is 38.9 Å². The van der Waals surface area contributed by atoms with Crippen molar-refractivity contribution in [2.24, 2.45) is 0 Å². The molecule has 0 saturated carbocycles. The van der Waals surface area contributed by atoms with Gasteiger partial charge < -0.3 is 19.3 Å². The van der Waals surface area contributed by atoms with Gasteiger partial charge in [-0.3, -0.25) is 4.90 Å². The molecule has 1 N–H and O–H groups in total. The Morgan fingerprint density at radius 2 is 1.84 bits per heavy atom. The van der Waals surface area contributed by atoms with E-state index < -0.39 is 11.7 Å². The Labute approximate surface area is 188 Å². The summed E-state index contributed by atoms with van der Waals surface area (Å²) in [5, 5.41) is 11.9. The largest absolute Gasteiger partial charge is 0.497 e. The van der Waals surface area contributed by atoms with E-state index in [1.54, 1.807) is 12.0 Å². The van der Waals surface area contributed by atoms with Gasteiger partial charge in [-0.2, -0.15) is 0 Å². The van der Waals surface area contributed by atoms with Crippen LogP contribution in [-0.4, -0.2) is 37.1 Å². The number of aliphatic hydroxyl groups is 1. The Bertz CT molecular complexity index is 1120. The fourth-order valence-corrected chi connectivity index (χ4v) is 4.06. The van der Waals surface area contributed by atoms with E-state index >= 15 is 0 Å². The third kappa shape index (κ3) is 4.36. The molecule has 1 atom stereocenters. The highest BCUT2D eigenvalue weighted by molar-refractivity contribution is 6.02. The maximum absolute atomic E-state index is 13.0. The van der Waals surface area contributed by atoms with Crippen LogP contribution in [-0.2, 0) is 11.3 Å². The van der Waals surface area contributed by atoms with Crippen LogP contribution in [0.25, 0.3) is 10.8 Å². The number of aliphatic hydroxyl groups excluding tert-OH is 1. The molecule has 0 fully saturated rings. The minimum atomic E-state index is -0.624. The molecule has 1 heterocycles. The second-order valence-corrected chi connectivity index (χ2v) is 8.96. The molecular weight excluding hydrogens is 406 g/mol. The lowest BCUT2D eigenvalue weighted by atomic mass is 9.94. The average Bonchev–Trinajstić information content (AvgIpc) is 3.15. The van der Waals surface area contributed by atoms with Crippen LogP contribution in [0.2, 0.25) is 0 Å². The number of ether oxygens (including phenoxy) is 3. The maximum Gasteiger partial charge on any atom is 0.414 e. The van der Waals surface area contributed by atoms with Gasteiger partial charge in [-0.25, -0.2) is 4.79 Å². The van der Waals surface area contributed by atoms with E-state index in [9.17, 15) is 9.90 Å². The summed E-state index contributed by atoms with van der Waals surface area (Å²) >= 11 is 0. The molecule has 0 radical (unpaired) electrons. The van der Waals surface area contributed by atoms with Crippen LogP contribution in [0.3, 0.4) is 0 Å². The predicted octanol–water partition coefficient (Wildman–Crippen LogP) is 5.26. The number of nitrogens with zero attached hydrogens (tertiary/aromatic N) is 1. The molecule has 1 amide bonds. The molecule has 1 aliphatic rings. The maximum atomic E-state index is 13.0. The van der Waals surface area contributed by atoms with E-state index in [4.69, 9.17) is 14.2 Å². The van der Waals surface area contributed by atoms with Crippen LogP contribution >= 0.6 is 0 Å². The van der Waals surface area contributed by atoms with Gasteiger partial charge in [-0.15, -0.1) is 0 Å². The third-order valence-electron chi connectivity index (χ3n) is 5.50. The van der Waals surface area contributed by atoms with Crippen molar-refractivity contribution in [1.29, 1.82) is 0 Å². The average molecular weight is 436 g/mol. The summed E-state index contributed by atoms with van der Waals surface area (Å²) in [6.07, 6.45) is -0.439. The number of anilines is 1. The summed E-state index contributed by atoms with van der Waals surface area (Å²) in [5.74, 6) is 1.14. The molecule has 6 heteroatoms. The Kier molecular flexibility index (Phi) is 5.98. The van der Waals surface area contributed by atoms with E-state index in [1.807, 2.05) is 75.4 Å². The zero-order valence-corrected chi connectivity index (χ0v) is 18.9. The van der Waals surface area contributed by atoms with E-state index in [0.717, 1.165) is 21.9 Å². The Hall–Kier alpha value is -3.25. The Balaban J connectivity index is 1.82. The van der Waals surface area contributed by atoms with Crippen LogP contribution < -0.4 is 14.4 Å². The molecule has 0 bridgehead atoms. The molecule has 3 aromatic rings. The zero-order valence-electron chi connectivity index (χ0n) is 18.9. The molecule has 4 rings (SSSR count). The minimum Gasteiger partial charge on any atom is -0.497 e. The first-order chi connectivity index (χ1) is 15.3. The number of hydrogen-bond acceptors (Lipinski definition) is 5. The first-order valence-electron chi connectivity index (χ1n) is 10.7. The summed E-state index contributed by atoms with van der Waals surface area (Å²) < 4.78 is 17.3. The molecular formula is C26H29NO5. The van der Waals surface area contributed by atoms with Gasteiger partial charge in [-0.1, -0.05) is 30.3 Å². The van der Waals surface area contributed by atoms with E-state index in [-0.39, 0.29) is 12.5 Å². The normalized spacial score (nSPS) is 15.5. The number of hydrogen-bond donors (Lipinski definition) is 1. The Morgan fingerprint density at radius 1 is 1.09 bits per heavy atom. The summed E-state index contributed by atoms with van der Waals surface area (Å²) in [4.78, 5) is 14.6. The van der Waals surface area contributed by atoms with Gasteiger partial charge in [-0.05, 0) is 55.5 Å². The number of benzene rings is 3. The second kappa shape index (κ2) is 8.71. The molecule has 0 aliphatic carbocycles. The van der Waals surface area contributed by atoms with Crippen molar-refractivity contribution in [3.05, 3.63) is 65.7 Å². The lowest BCUT2D eigenvalue weighted by Gasteiger charge is -2.25. The zero-order chi connectivity index (χ0) is 22.9. The van der Waals surface area contributed by atoms with Crippen molar-refractivity contribution < 1.29 is 24.1 Å². The molecule has 1 unspecified atom stereocenters. The number of rotatable bonds is 5. The molecule has 0 aromatic heterocycles. The van der Waals surface area contributed by atoms with Crippen molar-refractivity contribution >= 4 is 22.6 Å². The van der Waals surface area contributed by atoms with Gasteiger partial charge in [0.15, 0.2) is 0 Å². The summed E-state index contributed by atoms with van der Waals surface area (Å²) in [7, 11) is 1.62.